The van der Waals surface area contributed by atoms with Crippen LogP contribution in [0.25, 0.3) is 6.08 Å². The fourth-order valence-corrected chi connectivity index (χ4v) is 4.61. The number of carbonyl (C=O) groups is 2. The van der Waals surface area contributed by atoms with Gasteiger partial charge in [0, 0.05) is 5.41 Å². The summed E-state index contributed by atoms with van der Waals surface area (Å²) in [4.78, 5) is 25.9. The SMILES string of the molecule is COC(=O)C(C)(C)CC(C)(C)C1OC/C=C\c2cc(cc(OC)c2)COc2ccccc2NC1=O. The minimum Gasteiger partial charge on any atom is -0.497 e. The number of esters is 1. The number of rotatable bonds is 5. The summed E-state index contributed by atoms with van der Waals surface area (Å²) >= 11 is 0. The highest BCUT2D eigenvalue weighted by Gasteiger charge is 2.43. The number of para-hydroxylation sites is 2. The summed E-state index contributed by atoms with van der Waals surface area (Å²) in [6.07, 6.45) is 3.33. The Morgan fingerprint density at radius 2 is 1.86 bits per heavy atom. The maximum atomic E-state index is 13.5. The molecule has 0 spiro atoms. The molecule has 1 amide bonds. The smallest absolute Gasteiger partial charge is 0.311 e. The molecule has 7 nitrogen and oxygen atoms in total. The van der Waals surface area contributed by atoms with Crippen LogP contribution in [0.4, 0.5) is 5.69 Å². The molecule has 35 heavy (non-hydrogen) atoms. The molecule has 0 saturated heterocycles. The van der Waals surface area contributed by atoms with Crippen LogP contribution < -0.4 is 14.8 Å². The molecule has 2 bridgehead atoms. The van der Waals surface area contributed by atoms with Crippen molar-refractivity contribution in [3.05, 3.63) is 59.7 Å². The van der Waals surface area contributed by atoms with Gasteiger partial charge >= 0.3 is 5.97 Å². The Morgan fingerprint density at radius 3 is 2.57 bits per heavy atom. The van der Waals surface area contributed by atoms with Gasteiger partial charge in [0.25, 0.3) is 5.91 Å². The van der Waals surface area contributed by atoms with Crippen LogP contribution in [0.5, 0.6) is 11.5 Å². The molecule has 1 aliphatic heterocycles. The van der Waals surface area contributed by atoms with Crippen LogP contribution in [0.2, 0.25) is 0 Å². The highest BCUT2D eigenvalue weighted by molar-refractivity contribution is 5.96. The molecule has 0 fully saturated rings. The maximum Gasteiger partial charge on any atom is 0.311 e. The van der Waals surface area contributed by atoms with Crippen LogP contribution in [0, 0.1) is 10.8 Å². The van der Waals surface area contributed by atoms with Crippen LogP contribution in [0.15, 0.2) is 48.5 Å². The first-order valence-corrected chi connectivity index (χ1v) is 11.6. The Morgan fingerprint density at radius 1 is 1.11 bits per heavy atom. The molecule has 0 aromatic heterocycles. The van der Waals surface area contributed by atoms with Gasteiger partial charge in [0.1, 0.15) is 24.2 Å². The van der Waals surface area contributed by atoms with Crippen LogP contribution in [-0.2, 0) is 25.7 Å². The molecule has 1 unspecified atom stereocenters. The maximum absolute atomic E-state index is 13.5. The number of carbonyl (C=O) groups excluding carboxylic acids is 2. The number of ether oxygens (including phenoxy) is 4. The van der Waals surface area contributed by atoms with Crippen molar-refractivity contribution in [1.82, 2.24) is 0 Å². The van der Waals surface area contributed by atoms with E-state index >= 15 is 0 Å². The molecule has 1 atom stereocenters. The van der Waals surface area contributed by atoms with E-state index in [9.17, 15) is 9.59 Å². The van der Waals surface area contributed by atoms with Crippen molar-refractivity contribution >= 4 is 23.6 Å². The summed E-state index contributed by atoms with van der Waals surface area (Å²) in [6.45, 7) is 7.99. The topological polar surface area (TPSA) is 83.1 Å². The van der Waals surface area contributed by atoms with Crippen LogP contribution in [0.1, 0.15) is 45.2 Å². The van der Waals surface area contributed by atoms with Gasteiger partial charge in [-0.05, 0) is 61.7 Å². The van der Waals surface area contributed by atoms with Gasteiger partial charge in [0.15, 0.2) is 0 Å². The molecular formula is C28H35NO6. The van der Waals surface area contributed by atoms with E-state index in [1.54, 1.807) is 13.2 Å². The first-order chi connectivity index (χ1) is 16.6. The van der Waals surface area contributed by atoms with Crippen molar-refractivity contribution < 1.29 is 28.5 Å². The third kappa shape index (κ3) is 6.63. The summed E-state index contributed by atoms with van der Waals surface area (Å²) in [7, 11) is 3.00. The number of hydrogen-bond donors (Lipinski definition) is 1. The number of benzene rings is 2. The van der Waals surface area contributed by atoms with E-state index < -0.39 is 16.9 Å². The molecular weight excluding hydrogens is 446 g/mol. The van der Waals surface area contributed by atoms with Crippen LogP contribution in [0.3, 0.4) is 0 Å². The zero-order chi connectivity index (χ0) is 25.6. The quantitative estimate of drug-likeness (QED) is 0.588. The Kier molecular flexibility index (Phi) is 8.22. The molecule has 188 valence electrons. The van der Waals surface area contributed by atoms with Crippen molar-refractivity contribution in [2.75, 3.05) is 26.1 Å². The Labute approximate surface area is 207 Å². The number of methoxy groups -OCH3 is 2. The van der Waals surface area contributed by atoms with Gasteiger partial charge in [-0.2, -0.15) is 0 Å². The normalized spacial score (nSPS) is 17.8. The van der Waals surface area contributed by atoms with E-state index in [0.29, 0.717) is 24.5 Å². The monoisotopic (exact) mass is 481 g/mol. The summed E-state index contributed by atoms with van der Waals surface area (Å²) in [6, 6.07) is 13.1. The third-order valence-electron chi connectivity index (χ3n) is 6.02. The predicted octanol–water partition coefficient (Wildman–Crippen LogP) is 5.24. The predicted molar refractivity (Wildman–Crippen MR) is 135 cm³/mol. The van der Waals surface area contributed by atoms with Gasteiger partial charge < -0.3 is 24.3 Å². The number of fused-ring (bicyclic) bond motifs is 3. The van der Waals surface area contributed by atoms with Crippen molar-refractivity contribution in [1.29, 1.82) is 0 Å². The van der Waals surface area contributed by atoms with Crippen LogP contribution >= 0.6 is 0 Å². The Hall–Kier alpha value is -3.32. The zero-order valence-corrected chi connectivity index (χ0v) is 21.3. The van der Waals surface area contributed by atoms with Crippen molar-refractivity contribution in [3.8, 4) is 11.5 Å². The second-order valence-electron chi connectivity index (χ2n) is 10.0. The molecule has 2 aromatic rings. The van der Waals surface area contributed by atoms with Gasteiger partial charge in [-0.3, -0.25) is 9.59 Å². The zero-order valence-electron chi connectivity index (χ0n) is 21.3. The second-order valence-corrected chi connectivity index (χ2v) is 10.0. The van der Waals surface area contributed by atoms with Gasteiger partial charge in [0.2, 0.25) is 0 Å². The Balaban J connectivity index is 1.98. The number of anilines is 1. The number of nitrogens with one attached hydrogen (secondary N) is 1. The van der Waals surface area contributed by atoms with E-state index in [0.717, 1.165) is 16.9 Å². The highest BCUT2D eigenvalue weighted by Crippen LogP contribution is 2.39. The van der Waals surface area contributed by atoms with Gasteiger partial charge in [-0.1, -0.05) is 38.1 Å². The molecule has 0 aliphatic carbocycles. The average Bonchev–Trinajstić information content (AvgIpc) is 2.81. The van der Waals surface area contributed by atoms with Crippen molar-refractivity contribution in [3.63, 3.8) is 0 Å². The summed E-state index contributed by atoms with van der Waals surface area (Å²) < 4.78 is 22.6. The fourth-order valence-electron chi connectivity index (χ4n) is 4.61. The molecule has 0 radical (unpaired) electrons. The molecule has 2 aromatic carbocycles. The minimum absolute atomic E-state index is 0.213. The van der Waals surface area contributed by atoms with Crippen molar-refractivity contribution in [2.24, 2.45) is 10.8 Å². The lowest BCUT2D eigenvalue weighted by Gasteiger charge is -2.38. The summed E-state index contributed by atoms with van der Waals surface area (Å²) in [5.74, 6) is 0.630. The lowest BCUT2D eigenvalue weighted by Crippen LogP contribution is -2.46. The minimum atomic E-state index is -0.840. The first-order valence-electron chi connectivity index (χ1n) is 11.6. The van der Waals surface area contributed by atoms with Gasteiger partial charge in [0.05, 0.1) is 31.9 Å². The molecule has 7 heteroatoms. The van der Waals surface area contributed by atoms with Gasteiger partial charge in [-0.15, -0.1) is 0 Å². The molecule has 1 aliphatic rings. The number of hydrogen-bond acceptors (Lipinski definition) is 6. The van der Waals surface area contributed by atoms with Crippen LogP contribution in [-0.4, -0.2) is 38.8 Å². The first kappa shape index (κ1) is 26.3. The fraction of sp³-hybridized carbons (Fsp3) is 0.429. The third-order valence-corrected chi connectivity index (χ3v) is 6.02. The van der Waals surface area contributed by atoms with E-state index in [2.05, 4.69) is 5.32 Å². The van der Waals surface area contributed by atoms with E-state index in [1.165, 1.54) is 7.11 Å². The largest absolute Gasteiger partial charge is 0.497 e. The molecule has 3 rings (SSSR count). The Bertz CT molecular complexity index is 1090. The standard InChI is InChI=1S/C28H35NO6/c1-27(2,18-28(3,4)26(31)33-6)24-25(30)29-22-11-7-8-12-23(22)35-17-20-14-19(10-9-13-34-24)15-21(16-20)32-5/h7-12,14-16,24H,13,17-18H2,1-6H3,(H,29,30)/b10-9-. The van der Waals surface area contributed by atoms with E-state index in [-0.39, 0.29) is 18.5 Å². The molecule has 0 saturated carbocycles. The summed E-state index contributed by atoms with van der Waals surface area (Å²) in [5.41, 5.74) is 0.932. The second kappa shape index (κ2) is 11.0. The average molecular weight is 482 g/mol. The number of amides is 1. The lowest BCUT2D eigenvalue weighted by molar-refractivity contribution is -0.156. The lowest BCUT2D eigenvalue weighted by atomic mass is 9.71. The van der Waals surface area contributed by atoms with Crippen molar-refractivity contribution in [2.45, 2.75) is 46.8 Å². The van der Waals surface area contributed by atoms with E-state index in [4.69, 9.17) is 18.9 Å². The van der Waals surface area contributed by atoms with Gasteiger partial charge in [-0.25, -0.2) is 0 Å². The highest BCUT2D eigenvalue weighted by atomic mass is 16.5. The van der Waals surface area contributed by atoms with E-state index in [1.807, 2.05) is 76.2 Å². The molecule has 1 N–H and O–H groups in total. The molecule has 1 heterocycles. The summed E-state index contributed by atoms with van der Waals surface area (Å²) in [5, 5.41) is 2.97.